The SMILES string of the molecule is CCNC(=NCc1cccc(OCC(F)F)c1)N(C)Cc1cccn1C.I. The summed E-state index contributed by atoms with van der Waals surface area (Å²) in [7, 11) is 3.99. The summed E-state index contributed by atoms with van der Waals surface area (Å²) in [6, 6.07) is 11.2. The molecule has 1 aromatic heterocycles. The molecule has 2 aromatic rings. The van der Waals surface area contributed by atoms with Crippen molar-refractivity contribution in [1.82, 2.24) is 14.8 Å². The molecule has 0 aliphatic rings. The van der Waals surface area contributed by atoms with Crippen LogP contribution in [0.2, 0.25) is 0 Å². The lowest BCUT2D eigenvalue weighted by Crippen LogP contribution is -2.38. The Balaban J connectivity index is 0.00000364. The van der Waals surface area contributed by atoms with Gasteiger partial charge in [0, 0.05) is 32.5 Å². The smallest absolute Gasteiger partial charge is 0.272 e. The molecule has 27 heavy (non-hydrogen) atoms. The summed E-state index contributed by atoms with van der Waals surface area (Å²) in [5, 5.41) is 3.28. The number of nitrogens with one attached hydrogen (secondary N) is 1. The van der Waals surface area contributed by atoms with Crippen LogP contribution in [0.5, 0.6) is 5.75 Å². The zero-order valence-electron chi connectivity index (χ0n) is 15.9. The van der Waals surface area contributed by atoms with Crippen LogP contribution in [0.3, 0.4) is 0 Å². The number of hydrogen-bond acceptors (Lipinski definition) is 2. The summed E-state index contributed by atoms with van der Waals surface area (Å²) in [5.41, 5.74) is 2.08. The molecule has 0 radical (unpaired) electrons. The Bertz CT molecular complexity index is 721. The van der Waals surface area contributed by atoms with Gasteiger partial charge in [0.15, 0.2) is 5.96 Å². The zero-order chi connectivity index (χ0) is 18.9. The van der Waals surface area contributed by atoms with E-state index in [1.165, 1.54) is 5.69 Å². The largest absolute Gasteiger partial charge is 0.488 e. The van der Waals surface area contributed by atoms with Crippen LogP contribution in [0.25, 0.3) is 0 Å². The minimum Gasteiger partial charge on any atom is -0.488 e. The molecule has 150 valence electrons. The van der Waals surface area contributed by atoms with Crippen LogP contribution in [-0.2, 0) is 20.1 Å². The summed E-state index contributed by atoms with van der Waals surface area (Å²) < 4.78 is 31.7. The lowest BCUT2D eigenvalue weighted by atomic mass is 10.2. The van der Waals surface area contributed by atoms with Gasteiger partial charge in [-0.05, 0) is 36.8 Å². The Labute approximate surface area is 176 Å². The molecule has 0 amide bonds. The first kappa shape index (κ1) is 23.2. The lowest BCUT2D eigenvalue weighted by Gasteiger charge is -2.22. The fourth-order valence-corrected chi connectivity index (χ4v) is 2.51. The van der Waals surface area contributed by atoms with Crippen molar-refractivity contribution in [2.24, 2.45) is 12.0 Å². The maximum absolute atomic E-state index is 12.3. The number of guanidine groups is 1. The number of nitrogens with zero attached hydrogens (tertiary/aromatic N) is 3. The van der Waals surface area contributed by atoms with Crippen molar-refractivity contribution in [3.05, 3.63) is 53.9 Å². The number of benzene rings is 1. The quantitative estimate of drug-likeness (QED) is 0.346. The molecule has 8 heteroatoms. The number of aromatic nitrogens is 1. The summed E-state index contributed by atoms with van der Waals surface area (Å²) in [5.74, 6) is 1.22. The maximum Gasteiger partial charge on any atom is 0.272 e. The third-order valence-corrected chi connectivity index (χ3v) is 3.83. The molecule has 0 fully saturated rings. The van der Waals surface area contributed by atoms with Gasteiger partial charge < -0.3 is 19.5 Å². The molecule has 2 rings (SSSR count). The van der Waals surface area contributed by atoms with E-state index in [4.69, 9.17) is 4.74 Å². The van der Waals surface area contributed by atoms with Gasteiger partial charge in [-0.15, -0.1) is 24.0 Å². The number of aliphatic imine (C=N–C) groups is 1. The van der Waals surface area contributed by atoms with Gasteiger partial charge in [0.1, 0.15) is 12.4 Å². The van der Waals surface area contributed by atoms with Gasteiger partial charge >= 0.3 is 0 Å². The van der Waals surface area contributed by atoms with Crippen LogP contribution in [-0.4, -0.2) is 42.1 Å². The lowest BCUT2D eigenvalue weighted by molar-refractivity contribution is 0.0818. The Morgan fingerprint density at radius 2 is 2.07 bits per heavy atom. The van der Waals surface area contributed by atoms with Crippen molar-refractivity contribution in [3.63, 3.8) is 0 Å². The maximum atomic E-state index is 12.3. The molecule has 0 aliphatic carbocycles. The van der Waals surface area contributed by atoms with Gasteiger partial charge in [0.05, 0.1) is 13.1 Å². The average Bonchev–Trinajstić information content (AvgIpc) is 3.02. The highest BCUT2D eigenvalue weighted by Gasteiger charge is 2.09. The molecule has 0 spiro atoms. The van der Waals surface area contributed by atoms with Crippen LogP contribution < -0.4 is 10.1 Å². The minimum absolute atomic E-state index is 0. The van der Waals surface area contributed by atoms with Crippen molar-refractivity contribution >= 4 is 29.9 Å². The highest BCUT2D eigenvalue weighted by atomic mass is 127. The van der Waals surface area contributed by atoms with Gasteiger partial charge in [-0.25, -0.2) is 13.8 Å². The van der Waals surface area contributed by atoms with Crippen LogP contribution in [0.4, 0.5) is 8.78 Å². The topological polar surface area (TPSA) is 41.8 Å². The van der Waals surface area contributed by atoms with Crippen LogP contribution >= 0.6 is 24.0 Å². The van der Waals surface area contributed by atoms with E-state index in [1.54, 1.807) is 18.2 Å². The molecule has 5 nitrogen and oxygen atoms in total. The molecule has 0 saturated heterocycles. The first-order valence-electron chi connectivity index (χ1n) is 8.59. The number of hydrogen-bond donors (Lipinski definition) is 1. The second kappa shape index (κ2) is 11.8. The van der Waals surface area contributed by atoms with Crippen LogP contribution in [0.15, 0.2) is 47.6 Å². The normalized spacial score (nSPS) is 11.3. The van der Waals surface area contributed by atoms with E-state index in [0.29, 0.717) is 12.3 Å². The molecular formula is C19H27F2IN4O. The minimum atomic E-state index is -2.48. The predicted molar refractivity (Wildman–Crippen MR) is 115 cm³/mol. The number of alkyl halides is 2. The van der Waals surface area contributed by atoms with Gasteiger partial charge in [-0.3, -0.25) is 0 Å². The Hall–Kier alpha value is -1.84. The summed E-state index contributed by atoms with van der Waals surface area (Å²) in [6.07, 6.45) is -0.471. The summed E-state index contributed by atoms with van der Waals surface area (Å²) in [4.78, 5) is 6.70. The third kappa shape index (κ3) is 7.74. The molecule has 0 saturated carbocycles. The Morgan fingerprint density at radius 1 is 1.30 bits per heavy atom. The molecule has 0 bridgehead atoms. The Morgan fingerprint density at radius 3 is 2.70 bits per heavy atom. The molecule has 0 unspecified atom stereocenters. The Kier molecular flexibility index (Phi) is 10.1. The van der Waals surface area contributed by atoms with E-state index >= 15 is 0 Å². The van der Waals surface area contributed by atoms with E-state index in [2.05, 4.69) is 25.8 Å². The average molecular weight is 492 g/mol. The number of rotatable bonds is 8. The van der Waals surface area contributed by atoms with Gasteiger partial charge in [-0.1, -0.05) is 12.1 Å². The van der Waals surface area contributed by atoms with Gasteiger partial charge in [0.2, 0.25) is 0 Å². The fraction of sp³-hybridized carbons (Fsp3) is 0.421. The highest BCUT2D eigenvalue weighted by Crippen LogP contribution is 2.15. The molecule has 1 heterocycles. The van der Waals surface area contributed by atoms with Crippen LogP contribution in [0.1, 0.15) is 18.2 Å². The van der Waals surface area contributed by atoms with Crippen molar-refractivity contribution in [2.75, 3.05) is 20.2 Å². The van der Waals surface area contributed by atoms with E-state index < -0.39 is 13.0 Å². The standard InChI is InChI=1S/C19H26F2N4O.HI/c1-4-22-19(25(3)13-16-8-6-10-24(16)2)23-12-15-7-5-9-17(11-15)26-14-18(20)21;/h5-11,18H,4,12-14H2,1-3H3,(H,22,23);1H. The van der Waals surface area contributed by atoms with Crippen molar-refractivity contribution in [3.8, 4) is 5.75 Å². The molecular weight excluding hydrogens is 465 g/mol. The fourth-order valence-electron chi connectivity index (χ4n) is 2.51. The van der Waals surface area contributed by atoms with E-state index in [-0.39, 0.29) is 24.0 Å². The second-order valence-corrected chi connectivity index (χ2v) is 5.99. The number of halogens is 3. The van der Waals surface area contributed by atoms with Gasteiger partial charge in [0.25, 0.3) is 6.43 Å². The highest BCUT2D eigenvalue weighted by molar-refractivity contribution is 14.0. The first-order chi connectivity index (χ1) is 12.5. The first-order valence-corrected chi connectivity index (χ1v) is 8.59. The molecule has 0 atom stereocenters. The molecule has 1 aromatic carbocycles. The molecule has 0 aliphatic heterocycles. The monoisotopic (exact) mass is 492 g/mol. The third-order valence-electron chi connectivity index (χ3n) is 3.83. The van der Waals surface area contributed by atoms with E-state index in [9.17, 15) is 8.78 Å². The number of ether oxygens (including phenoxy) is 1. The van der Waals surface area contributed by atoms with Crippen LogP contribution in [0, 0.1) is 0 Å². The van der Waals surface area contributed by atoms with Crippen molar-refractivity contribution < 1.29 is 13.5 Å². The van der Waals surface area contributed by atoms with Crippen molar-refractivity contribution in [1.29, 1.82) is 0 Å². The predicted octanol–water partition coefficient (Wildman–Crippen LogP) is 3.88. The van der Waals surface area contributed by atoms with E-state index in [1.807, 2.05) is 39.3 Å². The summed E-state index contributed by atoms with van der Waals surface area (Å²) in [6.45, 7) is 3.34. The van der Waals surface area contributed by atoms with Crippen molar-refractivity contribution in [2.45, 2.75) is 26.4 Å². The van der Waals surface area contributed by atoms with Gasteiger partial charge in [-0.2, -0.15) is 0 Å². The number of aryl methyl sites for hydroxylation is 1. The zero-order valence-corrected chi connectivity index (χ0v) is 18.2. The second-order valence-electron chi connectivity index (χ2n) is 5.99. The van der Waals surface area contributed by atoms with E-state index in [0.717, 1.165) is 24.6 Å². The summed E-state index contributed by atoms with van der Waals surface area (Å²) >= 11 is 0. The molecule has 1 N–H and O–H groups in total.